The van der Waals surface area contributed by atoms with Gasteiger partial charge in [0.25, 0.3) is 0 Å². The van der Waals surface area contributed by atoms with Crippen molar-refractivity contribution in [1.82, 2.24) is 4.57 Å². The van der Waals surface area contributed by atoms with Gasteiger partial charge in [-0.1, -0.05) is 60.7 Å². The van der Waals surface area contributed by atoms with Gasteiger partial charge < -0.3 is 4.57 Å². The topological polar surface area (TPSA) is 52.5 Å². The van der Waals surface area contributed by atoms with E-state index in [1.54, 1.807) is 0 Å². The molecule has 0 saturated carbocycles. The fraction of sp³-hybridized carbons (Fsp3) is 0.0370. The predicted molar refractivity (Wildman–Crippen MR) is 121 cm³/mol. The first kappa shape index (κ1) is 17.7. The maximum absolute atomic E-state index is 9.45. The second kappa shape index (κ2) is 6.92. The van der Waals surface area contributed by atoms with Crippen molar-refractivity contribution in [3.63, 3.8) is 0 Å². The molecule has 0 amide bonds. The molecule has 0 aliphatic carbocycles. The highest BCUT2D eigenvalue weighted by molar-refractivity contribution is 6.11. The lowest BCUT2D eigenvalue weighted by Crippen LogP contribution is -1.94. The Labute approximate surface area is 174 Å². The molecule has 0 atom stereocenters. The molecule has 1 aromatic heterocycles. The third kappa shape index (κ3) is 2.65. The van der Waals surface area contributed by atoms with Crippen LogP contribution in [-0.4, -0.2) is 4.57 Å². The molecule has 0 saturated heterocycles. The van der Waals surface area contributed by atoms with Crippen LogP contribution in [-0.2, 0) is 7.05 Å². The van der Waals surface area contributed by atoms with Crippen LogP contribution in [0, 0.1) is 22.7 Å². The normalized spacial score (nSPS) is 10.8. The van der Waals surface area contributed by atoms with E-state index in [1.165, 1.54) is 0 Å². The molecule has 0 fully saturated rings. The zero-order valence-corrected chi connectivity index (χ0v) is 16.4. The Bertz CT molecular complexity index is 1380. The molecule has 0 N–H and O–H groups in total. The van der Waals surface area contributed by atoms with Crippen LogP contribution >= 0.6 is 0 Å². The Morgan fingerprint density at radius 3 is 1.37 bits per heavy atom. The first-order chi connectivity index (χ1) is 14.7. The second-order valence-corrected chi connectivity index (χ2v) is 7.35. The van der Waals surface area contributed by atoms with Gasteiger partial charge in [-0.2, -0.15) is 10.5 Å². The number of nitrogens with zero attached hydrogens (tertiary/aromatic N) is 3. The van der Waals surface area contributed by atoms with Crippen LogP contribution in [0.15, 0.2) is 84.9 Å². The van der Waals surface area contributed by atoms with Crippen molar-refractivity contribution in [3.05, 3.63) is 96.1 Å². The van der Waals surface area contributed by atoms with Gasteiger partial charge in [0.15, 0.2) is 0 Å². The minimum Gasteiger partial charge on any atom is -0.343 e. The van der Waals surface area contributed by atoms with Crippen LogP contribution < -0.4 is 0 Å². The van der Waals surface area contributed by atoms with Crippen LogP contribution in [0.2, 0.25) is 0 Å². The van der Waals surface area contributed by atoms with Crippen molar-refractivity contribution < 1.29 is 0 Å². The highest BCUT2D eigenvalue weighted by Crippen LogP contribution is 2.40. The number of nitriles is 2. The van der Waals surface area contributed by atoms with Crippen molar-refractivity contribution in [2.24, 2.45) is 7.05 Å². The van der Waals surface area contributed by atoms with Gasteiger partial charge in [0.1, 0.15) is 12.1 Å². The molecular formula is C27H17N3. The number of hydrogen-bond donors (Lipinski definition) is 0. The molecule has 0 radical (unpaired) electrons. The minimum atomic E-state index is 0.407. The molecule has 5 rings (SSSR count). The van der Waals surface area contributed by atoms with Gasteiger partial charge in [0.05, 0.1) is 22.5 Å². The summed E-state index contributed by atoms with van der Waals surface area (Å²) in [7, 11) is 2.09. The third-order valence-electron chi connectivity index (χ3n) is 5.63. The second-order valence-electron chi connectivity index (χ2n) is 7.35. The predicted octanol–water partition coefficient (Wildman–Crippen LogP) is 6.41. The number of hydrogen-bond acceptors (Lipinski definition) is 2. The number of benzene rings is 4. The van der Waals surface area contributed by atoms with Gasteiger partial charge in [-0.25, -0.2) is 0 Å². The van der Waals surface area contributed by atoms with Crippen molar-refractivity contribution in [3.8, 4) is 34.7 Å². The van der Waals surface area contributed by atoms with Crippen molar-refractivity contribution >= 4 is 21.5 Å². The van der Waals surface area contributed by atoms with Gasteiger partial charge in [0, 0.05) is 17.8 Å². The highest BCUT2D eigenvalue weighted by Gasteiger charge is 2.18. The zero-order valence-electron chi connectivity index (χ0n) is 16.4. The number of rotatable bonds is 2. The average Bonchev–Trinajstić information content (AvgIpc) is 3.08. The monoisotopic (exact) mass is 383 g/mol. The Hall–Kier alpha value is -4.34. The lowest BCUT2D eigenvalue weighted by molar-refractivity contribution is 0.951. The maximum Gasteiger partial charge on any atom is 0.101 e. The van der Waals surface area contributed by atoms with E-state index in [0.29, 0.717) is 11.1 Å². The summed E-state index contributed by atoms with van der Waals surface area (Å²) in [5.41, 5.74) is 5.36. The van der Waals surface area contributed by atoms with E-state index in [1.807, 2.05) is 48.5 Å². The van der Waals surface area contributed by atoms with Gasteiger partial charge >= 0.3 is 0 Å². The van der Waals surface area contributed by atoms with Crippen LogP contribution in [0.5, 0.6) is 0 Å². The van der Waals surface area contributed by atoms with Crippen molar-refractivity contribution in [1.29, 1.82) is 10.5 Å². The van der Waals surface area contributed by atoms with Crippen molar-refractivity contribution in [2.45, 2.75) is 0 Å². The van der Waals surface area contributed by atoms with Gasteiger partial charge in [-0.15, -0.1) is 0 Å². The fourth-order valence-corrected chi connectivity index (χ4v) is 4.29. The van der Waals surface area contributed by atoms with E-state index in [-0.39, 0.29) is 0 Å². The molecule has 0 spiro atoms. The Morgan fingerprint density at radius 1 is 0.600 bits per heavy atom. The Morgan fingerprint density at radius 2 is 1.00 bits per heavy atom. The molecule has 5 aromatic rings. The molecule has 0 aliphatic heterocycles. The number of aromatic nitrogens is 1. The highest BCUT2D eigenvalue weighted by atomic mass is 15.0. The summed E-state index contributed by atoms with van der Waals surface area (Å²) in [6.07, 6.45) is 0. The van der Waals surface area contributed by atoms with Crippen LogP contribution in [0.3, 0.4) is 0 Å². The van der Waals surface area contributed by atoms with Crippen LogP contribution in [0.1, 0.15) is 11.1 Å². The van der Waals surface area contributed by atoms with Gasteiger partial charge in [-0.05, 0) is 46.2 Å². The van der Waals surface area contributed by atoms with E-state index < -0.39 is 0 Å². The molecule has 3 heteroatoms. The van der Waals surface area contributed by atoms with Crippen LogP contribution in [0.25, 0.3) is 44.1 Å². The van der Waals surface area contributed by atoms with Gasteiger partial charge in [-0.3, -0.25) is 0 Å². The van der Waals surface area contributed by atoms with Gasteiger partial charge in [0.2, 0.25) is 0 Å². The lowest BCUT2D eigenvalue weighted by Gasteiger charge is -2.08. The molecule has 0 bridgehead atoms. The smallest absolute Gasteiger partial charge is 0.101 e. The summed E-state index contributed by atoms with van der Waals surface area (Å²) in [4.78, 5) is 0. The molecule has 140 valence electrons. The van der Waals surface area contributed by atoms with E-state index in [2.05, 4.69) is 60.2 Å². The first-order valence-electron chi connectivity index (χ1n) is 9.72. The molecule has 4 aromatic carbocycles. The molecular weight excluding hydrogens is 366 g/mol. The Balaban J connectivity index is 1.94. The fourth-order valence-electron chi connectivity index (χ4n) is 4.29. The standard InChI is InChI=1S/C27H17N3/c1-30-26(18-8-4-2-5-9-18)24-14-20-12-22(16-28)23(17-29)13-21(20)15-25(24)27(30)19-10-6-3-7-11-19/h2-15H,1H3. The summed E-state index contributed by atoms with van der Waals surface area (Å²) in [5.74, 6) is 0. The Kier molecular flexibility index (Phi) is 4.09. The average molecular weight is 383 g/mol. The quantitative estimate of drug-likeness (QED) is 0.354. The lowest BCUT2D eigenvalue weighted by atomic mass is 9.97. The third-order valence-corrected chi connectivity index (χ3v) is 5.63. The van der Waals surface area contributed by atoms with Crippen LogP contribution in [0.4, 0.5) is 0 Å². The largest absolute Gasteiger partial charge is 0.343 e. The number of fused-ring (bicyclic) bond motifs is 2. The summed E-state index contributed by atoms with van der Waals surface area (Å²) in [5, 5.41) is 23.1. The SMILES string of the molecule is Cn1c(-c2ccccc2)c2cc3cc(C#N)c(C#N)cc3cc2c1-c1ccccc1. The molecule has 0 aliphatic rings. The summed E-state index contributed by atoms with van der Waals surface area (Å²) >= 11 is 0. The van der Waals surface area contributed by atoms with E-state index in [9.17, 15) is 10.5 Å². The first-order valence-corrected chi connectivity index (χ1v) is 9.72. The minimum absolute atomic E-state index is 0.407. The molecule has 3 nitrogen and oxygen atoms in total. The maximum atomic E-state index is 9.45. The summed E-state index contributed by atoms with van der Waals surface area (Å²) in [6.45, 7) is 0. The van der Waals surface area contributed by atoms with E-state index in [4.69, 9.17) is 0 Å². The zero-order chi connectivity index (χ0) is 20.7. The summed E-state index contributed by atoms with van der Waals surface area (Å²) < 4.78 is 2.24. The van der Waals surface area contributed by atoms with E-state index in [0.717, 1.165) is 44.1 Å². The molecule has 30 heavy (non-hydrogen) atoms. The van der Waals surface area contributed by atoms with Crippen molar-refractivity contribution in [2.75, 3.05) is 0 Å². The molecule has 1 heterocycles. The molecule has 0 unspecified atom stereocenters. The summed E-state index contributed by atoms with van der Waals surface area (Å²) in [6, 6.07) is 32.9. The van der Waals surface area contributed by atoms with E-state index >= 15 is 0 Å².